The van der Waals surface area contributed by atoms with Crippen LogP contribution in [-0.2, 0) is 6.42 Å². The molecule has 0 saturated carbocycles. The van der Waals surface area contributed by atoms with Gasteiger partial charge in [0.1, 0.15) is 0 Å². The minimum Gasteiger partial charge on any atom is -0.198 e. The number of allylic oxidation sites excluding steroid dienone is 6. The van der Waals surface area contributed by atoms with Gasteiger partial charge in [0.2, 0.25) is 0 Å². The van der Waals surface area contributed by atoms with E-state index in [1.807, 2.05) is 6.08 Å². The molecule has 0 bridgehead atoms. The van der Waals surface area contributed by atoms with E-state index in [0.29, 0.717) is 0 Å². The topological polar surface area (TPSA) is 47.6 Å². The Balaban J connectivity index is 1.40. The lowest BCUT2D eigenvalue weighted by Gasteiger charge is -2.21. The Hall–Kier alpha value is -4.84. The fourth-order valence-electron chi connectivity index (χ4n) is 7.19. The van der Waals surface area contributed by atoms with Crippen molar-refractivity contribution in [3.8, 4) is 46.2 Å². The van der Waals surface area contributed by atoms with Crippen molar-refractivity contribution in [2.45, 2.75) is 38.5 Å². The van der Waals surface area contributed by atoms with E-state index >= 15 is 0 Å². The lowest BCUT2D eigenvalue weighted by Crippen LogP contribution is -2.04. The minimum absolute atomic E-state index is 0.0570. The van der Waals surface area contributed by atoms with Crippen LogP contribution in [0.3, 0.4) is 0 Å². The quantitative estimate of drug-likeness (QED) is 0.222. The van der Waals surface area contributed by atoms with Crippen LogP contribution < -0.4 is 0 Å². The Morgan fingerprint density at radius 3 is 2.38 bits per heavy atom. The predicted molar refractivity (Wildman–Crippen MR) is 163 cm³/mol. The molecule has 0 radical (unpaired) electrons. The highest BCUT2D eigenvalue weighted by molar-refractivity contribution is 6.20. The maximum atomic E-state index is 9.46. The third-order valence-corrected chi connectivity index (χ3v) is 9.25. The zero-order valence-corrected chi connectivity index (χ0v) is 22.2. The molecule has 2 atom stereocenters. The highest BCUT2D eigenvalue weighted by Crippen LogP contribution is 2.52. The molecule has 40 heavy (non-hydrogen) atoms. The molecule has 188 valence electrons. The Kier molecular flexibility index (Phi) is 5.11. The van der Waals surface area contributed by atoms with Crippen molar-refractivity contribution in [2.75, 3.05) is 0 Å². The number of nitrogens with zero attached hydrogens (tertiary/aromatic N) is 2. The normalized spacial score (nSPS) is 20.1. The molecule has 0 saturated heterocycles. The molecule has 0 fully saturated rings. The van der Waals surface area contributed by atoms with Gasteiger partial charge < -0.3 is 0 Å². The number of benzene rings is 4. The summed E-state index contributed by atoms with van der Waals surface area (Å²) >= 11 is 0. The van der Waals surface area contributed by atoms with E-state index in [9.17, 15) is 10.5 Å². The monoisotopic (exact) mass is 510 g/mol. The van der Waals surface area contributed by atoms with Crippen LogP contribution in [0.25, 0.3) is 54.9 Å². The zero-order valence-electron chi connectivity index (χ0n) is 22.2. The van der Waals surface area contributed by atoms with Crippen molar-refractivity contribution in [1.29, 1.82) is 10.5 Å². The standard InChI is InChI=1S/C38H26N2/c39-21-23-8-12-25(13-9-23)29-16-17-30(26-14-10-24(22-40)11-15-26)34-20-36-35(19-33(29)34)32-7-3-6-31-28-5-2-1-4-27(28)18-37(36)38(31)32/h3,6-7,10,12,14-20,23-24H,2,5,8-9,11,13H2. The summed E-state index contributed by atoms with van der Waals surface area (Å²) in [5.41, 5.74) is 12.8. The molecular weight excluding hydrogens is 484 g/mol. The van der Waals surface area contributed by atoms with Gasteiger partial charge in [-0.05, 0) is 122 Å². The second-order valence-electron chi connectivity index (χ2n) is 11.4. The highest BCUT2D eigenvalue weighted by atomic mass is 14.3. The summed E-state index contributed by atoms with van der Waals surface area (Å²) in [6.07, 6.45) is 14.0. The molecule has 0 aromatic heterocycles. The fourth-order valence-corrected chi connectivity index (χ4v) is 7.19. The van der Waals surface area contributed by atoms with E-state index in [-0.39, 0.29) is 11.8 Å². The molecule has 4 aromatic carbocycles. The Morgan fingerprint density at radius 2 is 1.60 bits per heavy atom. The van der Waals surface area contributed by atoms with Crippen molar-refractivity contribution >= 4 is 32.7 Å². The van der Waals surface area contributed by atoms with Gasteiger partial charge in [-0.15, -0.1) is 0 Å². The molecule has 2 unspecified atom stereocenters. The SMILES string of the molecule is N#CC1C=CC(c2ccc(C3=CCC(C#N)CC3)c3cc4c(cc23)-c2cc3c(c5cccc-4c25)CCC#C3)=CC1. The van der Waals surface area contributed by atoms with E-state index in [1.54, 1.807) is 0 Å². The largest absolute Gasteiger partial charge is 0.198 e. The van der Waals surface area contributed by atoms with Crippen molar-refractivity contribution in [3.63, 3.8) is 0 Å². The zero-order chi connectivity index (χ0) is 26.8. The third-order valence-electron chi connectivity index (χ3n) is 9.25. The van der Waals surface area contributed by atoms with Gasteiger partial charge in [-0.1, -0.05) is 66.5 Å². The van der Waals surface area contributed by atoms with Crippen molar-refractivity contribution in [1.82, 2.24) is 0 Å². The lowest BCUT2D eigenvalue weighted by atomic mass is 9.82. The van der Waals surface area contributed by atoms with Crippen LogP contribution in [0.5, 0.6) is 0 Å². The average Bonchev–Trinajstić information content (AvgIpc) is 3.33. The van der Waals surface area contributed by atoms with Gasteiger partial charge in [-0.2, -0.15) is 10.5 Å². The first kappa shape index (κ1) is 23.1. The van der Waals surface area contributed by atoms with Gasteiger partial charge in [-0.3, -0.25) is 0 Å². The Labute approximate surface area is 234 Å². The molecule has 0 spiro atoms. The van der Waals surface area contributed by atoms with Crippen LogP contribution in [-0.4, -0.2) is 0 Å². The number of hydrogen-bond acceptors (Lipinski definition) is 2. The number of nitriles is 2. The van der Waals surface area contributed by atoms with E-state index < -0.39 is 0 Å². The van der Waals surface area contributed by atoms with Crippen molar-refractivity contribution in [2.24, 2.45) is 11.8 Å². The average molecular weight is 511 g/mol. The van der Waals surface area contributed by atoms with Crippen LogP contribution in [0, 0.1) is 46.3 Å². The summed E-state index contributed by atoms with van der Waals surface area (Å²) in [6.45, 7) is 0. The van der Waals surface area contributed by atoms with Gasteiger partial charge in [0.05, 0.1) is 24.0 Å². The molecule has 2 heteroatoms. The molecular formula is C38H26N2. The van der Waals surface area contributed by atoms with Crippen LogP contribution in [0.15, 0.2) is 72.8 Å². The van der Waals surface area contributed by atoms with E-state index in [4.69, 9.17) is 0 Å². The number of hydrogen-bond donors (Lipinski definition) is 0. The lowest BCUT2D eigenvalue weighted by molar-refractivity contribution is 0.604. The van der Waals surface area contributed by atoms with Crippen molar-refractivity contribution < 1.29 is 0 Å². The first-order valence-electron chi connectivity index (χ1n) is 14.3. The second kappa shape index (κ2) is 8.85. The Morgan fingerprint density at radius 1 is 0.750 bits per heavy atom. The fraction of sp³-hybridized carbons (Fsp3) is 0.211. The van der Waals surface area contributed by atoms with Crippen LogP contribution in [0.2, 0.25) is 0 Å². The van der Waals surface area contributed by atoms with Gasteiger partial charge in [-0.25, -0.2) is 0 Å². The Bertz CT molecular complexity index is 2040. The maximum absolute atomic E-state index is 9.46. The summed E-state index contributed by atoms with van der Waals surface area (Å²) in [6, 6.07) is 23.3. The van der Waals surface area contributed by atoms with Gasteiger partial charge in [0.15, 0.2) is 0 Å². The minimum atomic E-state index is -0.0570. The highest BCUT2D eigenvalue weighted by Gasteiger charge is 2.27. The summed E-state index contributed by atoms with van der Waals surface area (Å²) in [4.78, 5) is 0. The predicted octanol–water partition coefficient (Wildman–Crippen LogP) is 9.13. The first-order chi connectivity index (χ1) is 19.7. The molecule has 0 heterocycles. The first-order valence-corrected chi connectivity index (χ1v) is 14.3. The van der Waals surface area contributed by atoms with Crippen molar-refractivity contribution in [3.05, 3.63) is 95.1 Å². The molecule has 0 N–H and O–H groups in total. The molecule has 4 aliphatic rings. The summed E-state index contributed by atoms with van der Waals surface area (Å²) in [7, 11) is 0. The number of rotatable bonds is 2. The smallest absolute Gasteiger partial charge is 0.0700 e. The van der Waals surface area contributed by atoms with Crippen LogP contribution in [0.1, 0.15) is 54.4 Å². The van der Waals surface area contributed by atoms with Crippen LogP contribution >= 0.6 is 0 Å². The third kappa shape index (κ3) is 3.35. The molecule has 0 amide bonds. The van der Waals surface area contributed by atoms with Gasteiger partial charge in [0.25, 0.3) is 0 Å². The number of aryl methyl sites for hydroxylation is 1. The summed E-state index contributed by atoms with van der Waals surface area (Å²) in [5.74, 6) is 6.81. The summed E-state index contributed by atoms with van der Waals surface area (Å²) in [5, 5.41) is 24.1. The molecule has 4 aliphatic carbocycles. The van der Waals surface area contributed by atoms with E-state index in [1.165, 1.54) is 77.2 Å². The molecule has 4 aromatic rings. The summed E-state index contributed by atoms with van der Waals surface area (Å²) < 4.78 is 0. The maximum Gasteiger partial charge on any atom is 0.0700 e. The van der Waals surface area contributed by atoms with E-state index in [0.717, 1.165) is 38.5 Å². The van der Waals surface area contributed by atoms with Crippen LogP contribution in [0.4, 0.5) is 0 Å². The van der Waals surface area contributed by atoms with Gasteiger partial charge >= 0.3 is 0 Å². The van der Waals surface area contributed by atoms with E-state index in [2.05, 4.69) is 90.7 Å². The molecule has 8 rings (SSSR count). The second-order valence-corrected chi connectivity index (χ2v) is 11.4. The molecule has 0 aliphatic heterocycles. The van der Waals surface area contributed by atoms with Gasteiger partial charge in [0, 0.05) is 12.0 Å². The number of fused-ring (bicyclic) bond motifs is 6. The molecule has 2 nitrogen and oxygen atoms in total.